The zero-order chi connectivity index (χ0) is 15.8. The molecule has 128 valence electrons. The smallest absolute Gasteiger partial charge is 0.191 e. The third kappa shape index (κ3) is 5.79. The van der Waals surface area contributed by atoms with E-state index in [1.165, 1.54) is 44.9 Å². The van der Waals surface area contributed by atoms with Crippen LogP contribution >= 0.6 is 0 Å². The Kier molecular flexibility index (Phi) is 7.00. The number of hydrogen-bond acceptors (Lipinski definition) is 2. The monoisotopic (exact) mass is 309 g/mol. The summed E-state index contributed by atoms with van der Waals surface area (Å²) < 4.78 is 5.31. The molecule has 1 aliphatic carbocycles. The Balaban J connectivity index is 1.72. The van der Waals surface area contributed by atoms with Crippen LogP contribution in [0.4, 0.5) is 0 Å². The van der Waals surface area contributed by atoms with Crippen LogP contribution in [0.15, 0.2) is 4.99 Å². The Bertz CT molecular complexity index is 346. The molecule has 0 aromatic heterocycles. The lowest BCUT2D eigenvalue weighted by atomic mass is 9.85. The summed E-state index contributed by atoms with van der Waals surface area (Å²) in [4.78, 5) is 4.76. The molecule has 0 spiro atoms. The lowest BCUT2D eigenvalue weighted by molar-refractivity contribution is -0.0945. The minimum atomic E-state index is 0.244. The molecule has 2 aliphatic rings. The van der Waals surface area contributed by atoms with Crippen LogP contribution in [0.3, 0.4) is 0 Å². The van der Waals surface area contributed by atoms with E-state index in [9.17, 15) is 0 Å². The molecule has 2 rings (SSSR count). The van der Waals surface area contributed by atoms with Crippen LogP contribution in [0.2, 0.25) is 0 Å². The highest BCUT2D eigenvalue weighted by Gasteiger charge is 2.33. The Morgan fingerprint density at radius 3 is 2.59 bits per heavy atom. The van der Waals surface area contributed by atoms with Crippen LogP contribution in [0, 0.1) is 11.3 Å². The number of nitrogens with one attached hydrogen (secondary N) is 2. The molecule has 0 amide bonds. The van der Waals surface area contributed by atoms with Gasteiger partial charge in [0.15, 0.2) is 5.96 Å². The molecule has 1 unspecified atom stereocenters. The molecule has 0 aromatic carbocycles. The van der Waals surface area contributed by atoms with Crippen molar-refractivity contribution < 1.29 is 4.74 Å². The number of ether oxygens (including phenoxy) is 1. The third-order valence-corrected chi connectivity index (χ3v) is 4.98. The second kappa shape index (κ2) is 8.76. The van der Waals surface area contributed by atoms with Gasteiger partial charge in [-0.25, -0.2) is 0 Å². The van der Waals surface area contributed by atoms with Crippen molar-refractivity contribution >= 4 is 5.96 Å². The highest BCUT2D eigenvalue weighted by Crippen LogP contribution is 2.28. The average Bonchev–Trinajstić information content (AvgIpc) is 2.50. The van der Waals surface area contributed by atoms with Gasteiger partial charge in [0.2, 0.25) is 0 Å². The third-order valence-electron chi connectivity index (χ3n) is 4.98. The van der Waals surface area contributed by atoms with Gasteiger partial charge in [0.1, 0.15) is 0 Å². The average molecular weight is 309 g/mol. The molecule has 1 aliphatic heterocycles. The number of guanidine groups is 1. The second-order valence-electron chi connectivity index (χ2n) is 7.63. The molecule has 2 N–H and O–H groups in total. The van der Waals surface area contributed by atoms with E-state index in [0.717, 1.165) is 38.2 Å². The fourth-order valence-electron chi connectivity index (χ4n) is 3.40. The van der Waals surface area contributed by atoms with E-state index in [4.69, 9.17) is 9.73 Å². The molecule has 1 saturated carbocycles. The molecule has 1 saturated heterocycles. The van der Waals surface area contributed by atoms with Crippen molar-refractivity contribution in [1.82, 2.24) is 10.6 Å². The van der Waals surface area contributed by atoms with Gasteiger partial charge in [-0.2, -0.15) is 0 Å². The van der Waals surface area contributed by atoms with Crippen LogP contribution in [0.25, 0.3) is 0 Å². The van der Waals surface area contributed by atoms with Crippen molar-refractivity contribution in [2.75, 3.05) is 26.3 Å². The molecule has 22 heavy (non-hydrogen) atoms. The highest BCUT2D eigenvalue weighted by atomic mass is 16.5. The van der Waals surface area contributed by atoms with E-state index in [1.807, 2.05) is 0 Å². The normalized spacial score (nSPS) is 23.7. The lowest BCUT2D eigenvalue weighted by Crippen LogP contribution is -2.46. The molecule has 4 heteroatoms. The van der Waals surface area contributed by atoms with E-state index in [-0.39, 0.29) is 5.41 Å². The summed E-state index contributed by atoms with van der Waals surface area (Å²) in [5.74, 6) is 1.93. The SMILES string of the molecule is CCNC(=NCC1(C)COC1)NC(C)CCC1CCCCC1. The van der Waals surface area contributed by atoms with Crippen LogP contribution in [-0.2, 0) is 4.74 Å². The van der Waals surface area contributed by atoms with Crippen molar-refractivity contribution in [3.8, 4) is 0 Å². The molecular weight excluding hydrogens is 274 g/mol. The van der Waals surface area contributed by atoms with E-state index >= 15 is 0 Å². The van der Waals surface area contributed by atoms with E-state index in [1.54, 1.807) is 0 Å². The first-order chi connectivity index (χ1) is 10.6. The Hall–Kier alpha value is -0.770. The fraction of sp³-hybridized carbons (Fsp3) is 0.944. The highest BCUT2D eigenvalue weighted by molar-refractivity contribution is 5.80. The second-order valence-corrected chi connectivity index (χ2v) is 7.63. The molecule has 4 nitrogen and oxygen atoms in total. The minimum absolute atomic E-state index is 0.244. The number of rotatable bonds is 7. The van der Waals surface area contributed by atoms with Gasteiger partial charge in [0.25, 0.3) is 0 Å². The summed E-state index contributed by atoms with van der Waals surface area (Å²) in [6, 6.07) is 0.491. The van der Waals surface area contributed by atoms with Gasteiger partial charge < -0.3 is 15.4 Å². The van der Waals surface area contributed by atoms with Gasteiger partial charge in [-0.15, -0.1) is 0 Å². The molecular formula is C18H35N3O. The van der Waals surface area contributed by atoms with Crippen molar-refractivity contribution in [1.29, 1.82) is 0 Å². The van der Waals surface area contributed by atoms with Gasteiger partial charge in [0, 0.05) is 18.0 Å². The van der Waals surface area contributed by atoms with Crippen LogP contribution in [-0.4, -0.2) is 38.3 Å². The van der Waals surface area contributed by atoms with Crippen LogP contribution in [0.5, 0.6) is 0 Å². The summed E-state index contributed by atoms with van der Waals surface area (Å²) in [5, 5.41) is 6.95. The van der Waals surface area contributed by atoms with E-state index in [0.29, 0.717) is 6.04 Å². The van der Waals surface area contributed by atoms with Gasteiger partial charge in [-0.3, -0.25) is 4.99 Å². The van der Waals surface area contributed by atoms with Crippen molar-refractivity contribution in [3.63, 3.8) is 0 Å². The maximum Gasteiger partial charge on any atom is 0.191 e. The largest absolute Gasteiger partial charge is 0.380 e. The zero-order valence-electron chi connectivity index (χ0n) is 14.8. The topological polar surface area (TPSA) is 45.7 Å². The summed E-state index contributed by atoms with van der Waals surface area (Å²) in [7, 11) is 0. The van der Waals surface area contributed by atoms with Gasteiger partial charge >= 0.3 is 0 Å². The Morgan fingerprint density at radius 1 is 1.27 bits per heavy atom. The Labute approximate surface area is 136 Å². The standard InChI is InChI=1S/C18H35N3O/c1-4-19-17(20-12-18(3)13-22-14-18)21-15(2)10-11-16-8-6-5-7-9-16/h15-16H,4-14H2,1-3H3,(H2,19,20,21). The van der Waals surface area contributed by atoms with Crippen molar-refractivity contribution in [3.05, 3.63) is 0 Å². The quantitative estimate of drug-likeness (QED) is 0.560. The predicted molar refractivity (Wildman–Crippen MR) is 93.3 cm³/mol. The first kappa shape index (κ1) is 17.6. The van der Waals surface area contributed by atoms with E-state index in [2.05, 4.69) is 31.4 Å². The number of aliphatic imine (C=N–C) groups is 1. The first-order valence-electron chi connectivity index (χ1n) is 9.24. The van der Waals surface area contributed by atoms with Gasteiger partial charge in [-0.05, 0) is 32.6 Å². The molecule has 0 bridgehead atoms. The van der Waals surface area contributed by atoms with Gasteiger partial charge in [-0.1, -0.05) is 39.0 Å². The maximum absolute atomic E-state index is 5.31. The molecule has 1 atom stereocenters. The van der Waals surface area contributed by atoms with Crippen LogP contribution < -0.4 is 10.6 Å². The van der Waals surface area contributed by atoms with Gasteiger partial charge in [0.05, 0.1) is 19.8 Å². The number of hydrogen-bond donors (Lipinski definition) is 2. The summed E-state index contributed by atoms with van der Waals surface area (Å²) in [5.41, 5.74) is 0.244. The maximum atomic E-state index is 5.31. The zero-order valence-corrected chi connectivity index (χ0v) is 14.8. The summed E-state index contributed by atoms with van der Waals surface area (Å²) in [6.45, 7) is 10.1. The van der Waals surface area contributed by atoms with Crippen molar-refractivity contribution in [2.24, 2.45) is 16.3 Å². The molecule has 0 radical (unpaired) electrons. The van der Waals surface area contributed by atoms with E-state index < -0.39 is 0 Å². The van der Waals surface area contributed by atoms with Crippen molar-refractivity contribution in [2.45, 2.75) is 71.8 Å². The Morgan fingerprint density at radius 2 is 2.00 bits per heavy atom. The molecule has 1 heterocycles. The first-order valence-corrected chi connectivity index (χ1v) is 9.24. The lowest BCUT2D eigenvalue weighted by Gasteiger charge is -2.36. The minimum Gasteiger partial charge on any atom is -0.380 e. The molecule has 2 fully saturated rings. The number of nitrogens with zero attached hydrogens (tertiary/aromatic N) is 1. The predicted octanol–water partition coefficient (Wildman–Crippen LogP) is 3.33. The molecule has 0 aromatic rings. The van der Waals surface area contributed by atoms with Crippen LogP contribution in [0.1, 0.15) is 65.7 Å². The summed E-state index contributed by atoms with van der Waals surface area (Å²) >= 11 is 0. The summed E-state index contributed by atoms with van der Waals surface area (Å²) in [6.07, 6.45) is 9.82. The fourth-order valence-corrected chi connectivity index (χ4v) is 3.40.